The highest BCUT2D eigenvalue weighted by molar-refractivity contribution is 8.00. The average molecular weight is 264 g/mol. The molecule has 0 aliphatic rings. The van der Waals surface area contributed by atoms with E-state index in [1.54, 1.807) is 12.1 Å². The van der Waals surface area contributed by atoms with Gasteiger partial charge >= 0.3 is 0 Å². The maximum absolute atomic E-state index is 13.4. The number of rotatable bonds is 5. The quantitative estimate of drug-likeness (QED) is 0.818. The summed E-state index contributed by atoms with van der Waals surface area (Å²) in [6, 6.07) is 4.42. The molecule has 0 atom stereocenters. The zero-order valence-corrected chi connectivity index (χ0v) is 10.4. The van der Waals surface area contributed by atoms with Gasteiger partial charge in [0, 0.05) is 16.9 Å². The van der Waals surface area contributed by atoms with Gasteiger partial charge in [-0.05, 0) is 17.7 Å². The first-order valence-corrected chi connectivity index (χ1v) is 7.67. The van der Waals surface area contributed by atoms with E-state index in [1.165, 1.54) is 6.07 Å². The van der Waals surface area contributed by atoms with E-state index < -0.39 is 15.7 Å². The van der Waals surface area contributed by atoms with Crippen LogP contribution in [0.15, 0.2) is 23.1 Å². The van der Waals surface area contributed by atoms with E-state index in [4.69, 9.17) is 5.11 Å². The molecule has 0 fully saturated rings. The van der Waals surface area contributed by atoms with E-state index in [9.17, 15) is 12.8 Å². The molecule has 0 amide bonds. The molecule has 0 heterocycles. The Morgan fingerprint density at radius 2 is 2.12 bits per heavy atom. The van der Waals surface area contributed by atoms with Crippen molar-refractivity contribution in [2.45, 2.75) is 11.5 Å². The Balaban J connectivity index is 2.61. The van der Waals surface area contributed by atoms with Crippen molar-refractivity contribution in [3.63, 3.8) is 0 Å². The summed E-state index contributed by atoms with van der Waals surface area (Å²) < 4.78 is 35.1. The first-order chi connectivity index (χ1) is 7.42. The third-order valence-corrected chi connectivity index (χ3v) is 4.15. The van der Waals surface area contributed by atoms with Crippen molar-refractivity contribution < 1.29 is 17.9 Å². The van der Waals surface area contributed by atoms with Gasteiger partial charge in [-0.25, -0.2) is 12.8 Å². The fourth-order valence-electron chi connectivity index (χ4n) is 1.06. The zero-order chi connectivity index (χ0) is 12.2. The van der Waals surface area contributed by atoms with Gasteiger partial charge in [0.1, 0.15) is 15.7 Å². The van der Waals surface area contributed by atoms with Gasteiger partial charge in [0.2, 0.25) is 0 Å². The number of sulfone groups is 1. The van der Waals surface area contributed by atoms with Gasteiger partial charge in [-0.3, -0.25) is 0 Å². The molecule has 1 aromatic rings. The van der Waals surface area contributed by atoms with Crippen molar-refractivity contribution in [3.8, 4) is 0 Å². The highest BCUT2D eigenvalue weighted by atomic mass is 32.2. The normalized spacial score (nSPS) is 11.7. The molecule has 3 nitrogen and oxygen atoms in total. The molecule has 1 N–H and O–H groups in total. The third-order valence-electron chi connectivity index (χ3n) is 1.89. The lowest BCUT2D eigenvalue weighted by Crippen LogP contribution is -2.05. The average Bonchev–Trinajstić information content (AvgIpc) is 2.18. The van der Waals surface area contributed by atoms with Crippen molar-refractivity contribution in [1.82, 2.24) is 0 Å². The second-order valence-electron chi connectivity index (χ2n) is 3.40. The summed E-state index contributed by atoms with van der Waals surface area (Å²) in [5.41, 5.74) is 0.505. The molecule has 0 saturated carbocycles. The second kappa shape index (κ2) is 5.65. The van der Waals surface area contributed by atoms with Crippen LogP contribution in [0.3, 0.4) is 0 Å². The van der Waals surface area contributed by atoms with Crippen molar-refractivity contribution in [2.24, 2.45) is 0 Å². The lowest BCUT2D eigenvalue weighted by atomic mass is 10.2. The molecule has 0 aromatic heterocycles. The van der Waals surface area contributed by atoms with Gasteiger partial charge in [0.25, 0.3) is 0 Å². The molecule has 90 valence electrons. The Hall–Kier alpha value is -0.590. The highest BCUT2D eigenvalue weighted by Crippen LogP contribution is 2.22. The van der Waals surface area contributed by atoms with Gasteiger partial charge in [0.15, 0.2) is 0 Å². The minimum atomic E-state index is -3.00. The van der Waals surface area contributed by atoms with Crippen molar-refractivity contribution in [3.05, 3.63) is 29.6 Å². The number of aliphatic hydroxyl groups excluding tert-OH is 1. The number of hydrogen-bond acceptors (Lipinski definition) is 4. The lowest BCUT2D eigenvalue weighted by molar-refractivity contribution is 0.281. The van der Waals surface area contributed by atoms with Crippen molar-refractivity contribution in [2.75, 3.05) is 17.8 Å². The number of aliphatic hydroxyl groups is 1. The summed E-state index contributed by atoms with van der Waals surface area (Å²) in [6.07, 6.45) is 1.15. The van der Waals surface area contributed by atoms with Gasteiger partial charge in [-0.15, -0.1) is 11.8 Å². The van der Waals surface area contributed by atoms with Crippen molar-refractivity contribution >= 4 is 21.6 Å². The summed E-state index contributed by atoms with van der Waals surface area (Å²) in [6.45, 7) is -0.203. The molecule has 16 heavy (non-hydrogen) atoms. The first-order valence-electron chi connectivity index (χ1n) is 4.62. The predicted octanol–water partition coefficient (Wildman–Crippen LogP) is 1.45. The van der Waals surface area contributed by atoms with Crippen LogP contribution in [0.2, 0.25) is 0 Å². The van der Waals surface area contributed by atoms with Crippen LogP contribution in [0.25, 0.3) is 0 Å². The molecule has 0 spiro atoms. The molecule has 0 unspecified atom stereocenters. The number of benzene rings is 1. The molecular formula is C10H13FO3S2. The van der Waals surface area contributed by atoms with Crippen LogP contribution < -0.4 is 0 Å². The van der Waals surface area contributed by atoms with Crippen LogP contribution in [-0.4, -0.2) is 31.3 Å². The maximum atomic E-state index is 13.4. The smallest absolute Gasteiger partial charge is 0.148 e. The van der Waals surface area contributed by atoms with E-state index in [-0.39, 0.29) is 12.4 Å². The maximum Gasteiger partial charge on any atom is 0.148 e. The third kappa shape index (κ3) is 4.51. The van der Waals surface area contributed by atoms with Gasteiger partial charge in [0.05, 0.1) is 12.4 Å². The minimum Gasteiger partial charge on any atom is -0.392 e. The van der Waals surface area contributed by atoms with Crippen LogP contribution in [0.1, 0.15) is 5.56 Å². The first kappa shape index (κ1) is 13.5. The fraction of sp³-hybridized carbons (Fsp3) is 0.400. The number of halogens is 1. The predicted molar refractivity (Wildman–Crippen MR) is 62.8 cm³/mol. The lowest BCUT2D eigenvalue weighted by Gasteiger charge is -2.04. The summed E-state index contributed by atoms with van der Waals surface area (Å²) >= 11 is 1.16. The Morgan fingerprint density at radius 1 is 1.44 bits per heavy atom. The number of hydrogen-bond donors (Lipinski definition) is 1. The molecule has 0 aliphatic carbocycles. The summed E-state index contributed by atoms with van der Waals surface area (Å²) in [4.78, 5) is 0.404. The molecule has 0 aliphatic heterocycles. The van der Waals surface area contributed by atoms with E-state index in [0.717, 1.165) is 18.0 Å². The molecule has 1 rings (SSSR count). The molecular weight excluding hydrogens is 251 g/mol. The summed E-state index contributed by atoms with van der Waals surface area (Å²) in [5.74, 6) is -0.0716. The van der Waals surface area contributed by atoms with Gasteiger partial charge < -0.3 is 5.11 Å². The molecule has 0 bridgehead atoms. The largest absolute Gasteiger partial charge is 0.392 e. The Bertz CT molecular complexity index is 457. The molecule has 0 saturated heterocycles. The second-order valence-corrected chi connectivity index (χ2v) is 6.80. The molecule has 1 aromatic carbocycles. The Labute approximate surface area is 98.6 Å². The van der Waals surface area contributed by atoms with Crippen LogP contribution in [-0.2, 0) is 16.4 Å². The van der Waals surface area contributed by atoms with E-state index in [2.05, 4.69) is 0 Å². The molecule has 6 heteroatoms. The Morgan fingerprint density at radius 3 is 2.62 bits per heavy atom. The Kier molecular flexibility index (Phi) is 4.76. The van der Waals surface area contributed by atoms with Gasteiger partial charge in [-0.2, -0.15) is 0 Å². The van der Waals surface area contributed by atoms with Crippen LogP contribution in [0.4, 0.5) is 4.39 Å². The molecule has 0 radical (unpaired) electrons. The van der Waals surface area contributed by atoms with E-state index in [0.29, 0.717) is 16.2 Å². The highest BCUT2D eigenvalue weighted by Gasteiger charge is 2.06. The summed E-state index contributed by atoms with van der Waals surface area (Å²) in [5, 5.41) is 8.78. The topological polar surface area (TPSA) is 54.4 Å². The van der Waals surface area contributed by atoms with Crippen LogP contribution in [0.5, 0.6) is 0 Å². The van der Waals surface area contributed by atoms with E-state index >= 15 is 0 Å². The van der Waals surface area contributed by atoms with Crippen molar-refractivity contribution in [1.29, 1.82) is 0 Å². The fourth-order valence-corrected chi connectivity index (χ4v) is 3.19. The zero-order valence-electron chi connectivity index (χ0n) is 8.81. The van der Waals surface area contributed by atoms with Gasteiger partial charge in [-0.1, -0.05) is 6.07 Å². The van der Waals surface area contributed by atoms with E-state index in [1.807, 2.05) is 0 Å². The van der Waals surface area contributed by atoms with Crippen LogP contribution >= 0.6 is 11.8 Å². The minimum absolute atomic E-state index is 0.0266. The number of thioether (sulfide) groups is 1. The van der Waals surface area contributed by atoms with Crippen LogP contribution in [0, 0.1) is 5.82 Å². The summed E-state index contributed by atoms with van der Waals surface area (Å²) in [7, 11) is -3.00. The standard InChI is InChI=1S/C10H13FO3S2/c1-16(13,14)5-4-15-10-3-2-8(7-12)6-9(10)11/h2-3,6,12H,4-5,7H2,1H3. The SMILES string of the molecule is CS(=O)(=O)CCSc1ccc(CO)cc1F. The monoisotopic (exact) mass is 264 g/mol.